The van der Waals surface area contributed by atoms with Crippen LogP contribution >= 0.6 is 15.9 Å². The van der Waals surface area contributed by atoms with Crippen LogP contribution in [0.1, 0.15) is 25.7 Å². The van der Waals surface area contributed by atoms with E-state index in [2.05, 4.69) is 15.9 Å². The van der Waals surface area contributed by atoms with E-state index in [-0.39, 0.29) is 0 Å². The van der Waals surface area contributed by atoms with Crippen molar-refractivity contribution >= 4 is 15.9 Å². The minimum atomic E-state index is -0.423. The van der Waals surface area contributed by atoms with Gasteiger partial charge in [-0.15, -0.1) is 0 Å². The lowest BCUT2D eigenvalue weighted by molar-refractivity contribution is 0.0835. The molecule has 0 atom stereocenters. The van der Waals surface area contributed by atoms with Gasteiger partial charge >= 0.3 is 0 Å². The van der Waals surface area contributed by atoms with Crippen molar-refractivity contribution in [3.05, 3.63) is 28.7 Å². The molecule has 2 N–H and O–H groups in total. The maximum absolute atomic E-state index is 6.10. The molecule has 1 saturated carbocycles. The third kappa shape index (κ3) is 2.28. The highest BCUT2D eigenvalue weighted by molar-refractivity contribution is 9.10. The Balaban J connectivity index is 2.06. The Morgan fingerprint density at radius 2 is 1.71 bits per heavy atom. The first kappa shape index (κ1) is 9.99. The standard InChI is InChI=1S/C11H14BrNO/c12-9-3-5-10(6-4-9)14-11(13)7-1-2-8-11/h3-6H,1-2,7-8,13H2. The van der Waals surface area contributed by atoms with Gasteiger partial charge in [0, 0.05) is 17.3 Å². The lowest BCUT2D eigenvalue weighted by atomic mass is 10.2. The third-order valence-electron chi connectivity index (χ3n) is 2.58. The van der Waals surface area contributed by atoms with Gasteiger partial charge in [0.05, 0.1) is 0 Å². The second kappa shape index (κ2) is 3.91. The summed E-state index contributed by atoms with van der Waals surface area (Å²) in [6, 6.07) is 7.81. The molecule has 0 heterocycles. The summed E-state index contributed by atoms with van der Waals surface area (Å²) in [6.07, 6.45) is 4.27. The van der Waals surface area contributed by atoms with Crippen molar-refractivity contribution in [2.75, 3.05) is 0 Å². The highest BCUT2D eigenvalue weighted by atomic mass is 79.9. The maximum Gasteiger partial charge on any atom is 0.158 e. The van der Waals surface area contributed by atoms with Gasteiger partial charge in [-0.1, -0.05) is 15.9 Å². The monoisotopic (exact) mass is 255 g/mol. The van der Waals surface area contributed by atoms with E-state index in [4.69, 9.17) is 10.5 Å². The molecule has 2 nitrogen and oxygen atoms in total. The molecule has 1 aromatic carbocycles. The summed E-state index contributed by atoms with van der Waals surface area (Å²) in [7, 11) is 0. The van der Waals surface area contributed by atoms with Gasteiger partial charge in [-0.2, -0.15) is 0 Å². The maximum atomic E-state index is 6.10. The van der Waals surface area contributed by atoms with Crippen molar-refractivity contribution in [1.82, 2.24) is 0 Å². The zero-order valence-electron chi connectivity index (χ0n) is 8.00. The quantitative estimate of drug-likeness (QED) is 0.825. The number of nitrogens with two attached hydrogens (primary N) is 1. The van der Waals surface area contributed by atoms with Crippen molar-refractivity contribution in [2.45, 2.75) is 31.4 Å². The Hall–Kier alpha value is -0.540. The van der Waals surface area contributed by atoms with E-state index in [0.717, 1.165) is 23.1 Å². The fraction of sp³-hybridized carbons (Fsp3) is 0.455. The Bertz CT molecular complexity index is 304. The second-order valence-corrected chi connectivity index (χ2v) is 4.74. The summed E-state index contributed by atoms with van der Waals surface area (Å²) in [6.45, 7) is 0. The van der Waals surface area contributed by atoms with E-state index in [1.165, 1.54) is 12.8 Å². The van der Waals surface area contributed by atoms with Gasteiger partial charge in [0.15, 0.2) is 5.72 Å². The molecule has 0 amide bonds. The molecule has 0 aliphatic heterocycles. The van der Waals surface area contributed by atoms with Gasteiger partial charge in [0.1, 0.15) is 5.75 Å². The van der Waals surface area contributed by atoms with Gasteiger partial charge in [-0.25, -0.2) is 0 Å². The fourth-order valence-corrected chi connectivity index (χ4v) is 2.08. The lowest BCUT2D eigenvalue weighted by Gasteiger charge is -2.25. The Morgan fingerprint density at radius 3 is 2.29 bits per heavy atom. The molecule has 1 aliphatic rings. The molecule has 76 valence electrons. The van der Waals surface area contributed by atoms with Gasteiger partial charge < -0.3 is 4.74 Å². The summed E-state index contributed by atoms with van der Waals surface area (Å²) in [4.78, 5) is 0. The van der Waals surface area contributed by atoms with E-state index in [1.54, 1.807) is 0 Å². The molecule has 3 heteroatoms. The normalized spacial score (nSPS) is 19.6. The number of benzene rings is 1. The largest absolute Gasteiger partial charge is 0.473 e. The van der Waals surface area contributed by atoms with Gasteiger partial charge in [0.2, 0.25) is 0 Å². The van der Waals surface area contributed by atoms with Gasteiger partial charge in [0.25, 0.3) is 0 Å². The zero-order chi connectivity index (χ0) is 10.0. The molecule has 0 bridgehead atoms. The molecule has 2 rings (SSSR count). The summed E-state index contributed by atoms with van der Waals surface area (Å²) in [5.41, 5.74) is 5.67. The highest BCUT2D eigenvalue weighted by Gasteiger charge is 2.31. The Kier molecular flexibility index (Phi) is 2.79. The van der Waals surface area contributed by atoms with Crippen LogP contribution in [0, 0.1) is 0 Å². The van der Waals surface area contributed by atoms with Crippen molar-refractivity contribution in [2.24, 2.45) is 5.73 Å². The minimum Gasteiger partial charge on any atom is -0.473 e. The average molecular weight is 256 g/mol. The first-order valence-electron chi connectivity index (χ1n) is 4.91. The number of hydrogen-bond donors (Lipinski definition) is 1. The van der Waals surface area contributed by atoms with E-state index in [0.29, 0.717) is 0 Å². The molecule has 0 saturated heterocycles. The zero-order valence-corrected chi connectivity index (χ0v) is 9.59. The summed E-state index contributed by atoms with van der Waals surface area (Å²) < 4.78 is 6.83. The second-order valence-electron chi connectivity index (χ2n) is 3.83. The molecule has 1 fully saturated rings. The fourth-order valence-electron chi connectivity index (χ4n) is 1.81. The van der Waals surface area contributed by atoms with Crippen LogP contribution in [0.25, 0.3) is 0 Å². The van der Waals surface area contributed by atoms with Crippen LogP contribution in [0.5, 0.6) is 5.75 Å². The third-order valence-corrected chi connectivity index (χ3v) is 3.11. The van der Waals surface area contributed by atoms with Crippen molar-refractivity contribution in [3.63, 3.8) is 0 Å². The van der Waals surface area contributed by atoms with E-state index in [1.807, 2.05) is 24.3 Å². The molecule has 0 spiro atoms. The van der Waals surface area contributed by atoms with E-state index >= 15 is 0 Å². The smallest absolute Gasteiger partial charge is 0.158 e. The van der Waals surface area contributed by atoms with Crippen LogP contribution in [0.3, 0.4) is 0 Å². The predicted octanol–water partition coefficient (Wildman–Crippen LogP) is 3.06. The van der Waals surface area contributed by atoms with E-state index < -0.39 is 5.72 Å². The average Bonchev–Trinajstić information content (AvgIpc) is 2.57. The number of rotatable bonds is 2. The molecule has 0 radical (unpaired) electrons. The van der Waals surface area contributed by atoms with Crippen LogP contribution in [0.2, 0.25) is 0 Å². The van der Waals surface area contributed by atoms with Crippen LogP contribution in [0.15, 0.2) is 28.7 Å². The van der Waals surface area contributed by atoms with Gasteiger partial charge in [-0.3, -0.25) is 5.73 Å². The highest BCUT2D eigenvalue weighted by Crippen LogP contribution is 2.30. The van der Waals surface area contributed by atoms with Crippen LogP contribution < -0.4 is 10.5 Å². The predicted molar refractivity (Wildman–Crippen MR) is 60.2 cm³/mol. The van der Waals surface area contributed by atoms with Crippen LogP contribution in [-0.2, 0) is 0 Å². The summed E-state index contributed by atoms with van der Waals surface area (Å²) in [5.74, 6) is 0.859. The molecule has 1 aromatic rings. The molecular formula is C11H14BrNO. The first-order valence-corrected chi connectivity index (χ1v) is 5.71. The topological polar surface area (TPSA) is 35.2 Å². The molecule has 0 unspecified atom stereocenters. The van der Waals surface area contributed by atoms with Crippen molar-refractivity contribution in [1.29, 1.82) is 0 Å². The van der Waals surface area contributed by atoms with Crippen LogP contribution in [-0.4, -0.2) is 5.72 Å². The van der Waals surface area contributed by atoms with E-state index in [9.17, 15) is 0 Å². The van der Waals surface area contributed by atoms with Gasteiger partial charge in [-0.05, 0) is 37.1 Å². The summed E-state index contributed by atoms with van der Waals surface area (Å²) in [5, 5.41) is 0. The number of halogens is 1. The SMILES string of the molecule is NC1(Oc2ccc(Br)cc2)CCCC1. The first-order chi connectivity index (χ1) is 6.68. The number of hydrogen-bond acceptors (Lipinski definition) is 2. The molecule has 0 aromatic heterocycles. The molecule has 14 heavy (non-hydrogen) atoms. The molecule has 1 aliphatic carbocycles. The Labute approximate surface area is 92.6 Å². The Morgan fingerprint density at radius 1 is 1.14 bits per heavy atom. The summed E-state index contributed by atoms with van der Waals surface area (Å²) >= 11 is 3.38. The lowest BCUT2D eigenvalue weighted by Crippen LogP contribution is -2.42. The minimum absolute atomic E-state index is 0.423. The van der Waals surface area contributed by atoms with Crippen molar-refractivity contribution < 1.29 is 4.74 Å². The van der Waals surface area contributed by atoms with Crippen LogP contribution in [0.4, 0.5) is 0 Å². The molecular weight excluding hydrogens is 242 g/mol. The number of ether oxygens (including phenoxy) is 1. The van der Waals surface area contributed by atoms with Crippen molar-refractivity contribution in [3.8, 4) is 5.75 Å².